The molecule has 0 bridgehead atoms. The van der Waals surface area contributed by atoms with Crippen molar-refractivity contribution >= 4 is 11.6 Å². The van der Waals surface area contributed by atoms with Crippen LogP contribution in [-0.2, 0) is 4.79 Å². The molecule has 0 radical (unpaired) electrons. The summed E-state index contributed by atoms with van der Waals surface area (Å²) in [6.07, 6.45) is 0.949. The van der Waals surface area contributed by atoms with E-state index in [0.717, 1.165) is 13.0 Å². The first-order valence-electron chi connectivity index (χ1n) is 6.33. The van der Waals surface area contributed by atoms with E-state index >= 15 is 0 Å². The van der Waals surface area contributed by atoms with E-state index in [9.17, 15) is 9.18 Å². The zero-order valence-electron chi connectivity index (χ0n) is 10.8. The molecule has 0 aliphatic carbocycles. The molecule has 1 aromatic rings. The third-order valence-electron chi connectivity index (χ3n) is 3.26. The molecule has 0 aromatic heterocycles. The monoisotopic (exact) mass is 250 g/mol. The summed E-state index contributed by atoms with van der Waals surface area (Å²) in [6, 6.07) is 6.90. The maximum atomic E-state index is 13.8. The Morgan fingerprint density at radius 1 is 1.39 bits per heavy atom. The van der Waals surface area contributed by atoms with Crippen LogP contribution >= 0.6 is 0 Å². The van der Waals surface area contributed by atoms with Crippen molar-refractivity contribution in [1.29, 1.82) is 0 Å². The van der Waals surface area contributed by atoms with Crippen LogP contribution in [0.1, 0.15) is 20.3 Å². The molecule has 0 spiro atoms. The van der Waals surface area contributed by atoms with Gasteiger partial charge in [-0.3, -0.25) is 4.79 Å². The number of carbonyl (C=O) groups is 1. The van der Waals surface area contributed by atoms with Crippen molar-refractivity contribution in [2.45, 2.75) is 26.3 Å². The second-order valence-electron chi connectivity index (χ2n) is 5.09. The zero-order valence-corrected chi connectivity index (χ0v) is 10.8. The Kier molecular flexibility index (Phi) is 3.84. The first-order valence-corrected chi connectivity index (χ1v) is 6.33. The van der Waals surface area contributed by atoms with E-state index in [1.54, 1.807) is 12.1 Å². The summed E-state index contributed by atoms with van der Waals surface area (Å²) in [7, 11) is 0. The molecule has 1 aromatic carbocycles. The Hall–Kier alpha value is -1.58. The summed E-state index contributed by atoms with van der Waals surface area (Å²) in [5, 5.41) is 2.93. The second-order valence-corrected chi connectivity index (χ2v) is 5.09. The van der Waals surface area contributed by atoms with Gasteiger partial charge in [-0.15, -0.1) is 0 Å². The van der Waals surface area contributed by atoms with Gasteiger partial charge in [0, 0.05) is 26.1 Å². The molecule has 2 unspecified atom stereocenters. The van der Waals surface area contributed by atoms with Crippen LogP contribution in [0, 0.1) is 11.7 Å². The molecular weight excluding hydrogens is 231 g/mol. The van der Waals surface area contributed by atoms with Crippen LogP contribution in [0.15, 0.2) is 24.3 Å². The summed E-state index contributed by atoms with van der Waals surface area (Å²) in [5.74, 6) is 0.214. The second kappa shape index (κ2) is 5.38. The highest BCUT2D eigenvalue weighted by Gasteiger charge is 2.26. The molecule has 1 amide bonds. The van der Waals surface area contributed by atoms with Gasteiger partial charge in [0.05, 0.1) is 5.69 Å². The Balaban J connectivity index is 2.13. The number of hydrogen-bond acceptors (Lipinski definition) is 2. The van der Waals surface area contributed by atoms with E-state index < -0.39 is 0 Å². The molecular formula is C14H19FN2O. The van der Waals surface area contributed by atoms with Crippen molar-refractivity contribution in [3.8, 4) is 0 Å². The van der Waals surface area contributed by atoms with E-state index in [2.05, 4.69) is 12.2 Å². The highest BCUT2D eigenvalue weighted by atomic mass is 19.1. The predicted molar refractivity (Wildman–Crippen MR) is 70.0 cm³/mol. The van der Waals surface area contributed by atoms with Crippen LogP contribution < -0.4 is 10.2 Å². The van der Waals surface area contributed by atoms with E-state index in [0.29, 0.717) is 18.2 Å². The number of carbonyl (C=O) groups excluding carboxylic acids is 1. The SMILES string of the molecule is CC(=O)NC1CC(C)CN(c2ccccc2F)C1. The van der Waals surface area contributed by atoms with Gasteiger partial charge in [0.1, 0.15) is 5.82 Å². The lowest BCUT2D eigenvalue weighted by molar-refractivity contribution is -0.119. The van der Waals surface area contributed by atoms with Crippen molar-refractivity contribution in [3.05, 3.63) is 30.1 Å². The third-order valence-corrected chi connectivity index (χ3v) is 3.26. The Morgan fingerprint density at radius 2 is 2.11 bits per heavy atom. The molecule has 18 heavy (non-hydrogen) atoms. The molecule has 4 heteroatoms. The van der Waals surface area contributed by atoms with E-state index in [1.165, 1.54) is 13.0 Å². The number of para-hydroxylation sites is 1. The van der Waals surface area contributed by atoms with Crippen molar-refractivity contribution in [2.24, 2.45) is 5.92 Å². The number of rotatable bonds is 2. The maximum Gasteiger partial charge on any atom is 0.217 e. The van der Waals surface area contributed by atoms with Gasteiger partial charge in [-0.1, -0.05) is 19.1 Å². The Bertz CT molecular complexity index is 436. The van der Waals surface area contributed by atoms with Gasteiger partial charge in [-0.05, 0) is 24.5 Å². The smallest absolute Gasteiger partial charge is 0.217 e. The van der Waals surface area contributed by atoms with Crippen molar-refractivity contribution in [1.82, 2.24) is 5.32 Å². The number of nitrogens with one attached hydrogen (secondary N) is 1. The minimum Gasteiger partial charge on any atom is -0.367 e. The maximum absolute atomic E-state index is 13.8. The number of hydrogen-bond donors (Lipinski definition) is 1. The number of halogens is 1. The fourth-order valence-corrected chi connectivity index (χ4v) is 2.65. The third kappa shape index (κ3) is 3.00. The van der Waals surface area contributed by atoms with Crippen molar-refractivity contribution in [3.63, 3.8) is 0 Å². The largest absolute Gasteiger partial charge is 0.367 e. The summed E-state index contributed by atoms with van der Waals surface area (Å²) in [5.41, 5.74) is 0.624. The molecule has 98 valence electrons. The first-order chi connectivity index (χ1) is 8.56. The Labute approximate surface area is 107 Å². The molecule has 1 aliphatic heterocycles. The lowest BCUT2D eigenvalue weighted by atomic mass is 9.95. The predicted octanol–water partition coefficient (Wildman–Crippen LogP) is 2.18. The normalized spacial score (nSPS) is 23.8. The number of piperidine rings is 1. The quantitative estimate of drug-likeness (QED) is 0.872. The van der Waals surface area contributed by atoms with Gasteiger partial charge in [0.15, 0.2) is 0 Å². The minimum absolute atomic E-state index is 0.0254. The van der Waals surface area contributed by atoms with Gasteiger partial charge in [-0.2, -0.15) is 0 Å². The molecule has 1 fully saturated rings. The highest BCUT2D eigenvalue weighted by molar-refractivity contribution is 5.73. The van der Waals surface area contributed by atoms with Gasteiger partial charge < -0.3 is 10.2 Å². The van der Waals surface area contributed by atoms with E-state index in [-0.39, 0.29) is 17.8 Å². The van der Waals surface area contributed by atoms with Crippen LogP contribution in [0.5, 0.6) is 0 Å². The molecule has 0 saturated carbocycles. The van der Waals surface area contributed by atoms with Gasteiger partial charge in [0.25, 0.3) is 0 Å². The standard InChI is InChI=1S/C14H19FN2O/c1-10-7-12(16-11(2)18)9-17(8-10)14-6-4-3-5-13(14)15/h3-6,10,12H,7-9H2,1-2H3,(H,16,18). The van der Waals surface area contributed by atoms with Crippen LogP contribution in [-0.4, -0.2) is 25.0 Å². The molecule has 1 saturated heterocycles. The summed E-state index contributed by atoms with van der Waals surface area (Å²) < 4.78 is 13.8. The fraction of sp³-hybridized carbons (Fsp3) is 0.500. The van der Waals surface area contributed by atoms with Gasteiger partial charge >= 0.3 is 0 Å². The van der Waals surface area contributed by atoms with Crippen LogP contribution in [0.2, 0.25) is 0 Å². The van der Waals surface area contributed by atoms with Gasteiger partial charge in [-0.25, -0.2) is 4.39 Å². The summed E-state index contributed by atoms with van der Waals surface area (Å²) >= 11 is 0. The number of anilines is 1. The fourth-order valence-electron chi connectivity index (χ4n) is 2.65. The molecule has 1 aliphatic rings. The highest BCUT2D eigenvalue weighted by Crippen LogP contribution is 2.25. The molecule has 2 atom stereocenters. The lowest BCUT2D eigenvalue weighted by Gasteiger charge is -2.38. The zero-order chi connectivity index (χ0) is 13.1. The van der Waals surface area contributed by atoms with E-state index in [4.69, 9.17) is 0 Å². The number of amides is 1. The average Bonchev–Trinajstić information content (AvgIpc) is 2.27. The van der Waals surface area contributed by atoms with Crippen molar-refractivity contribution < 1.29 is 9.18 Å². The first kappa shape index (κ1) is 12.9. The molecule has 2 rings (SSSR count). The van der Waals surface area contributed by atoms with Crippen LogP contribution in [0.3, 0.4) is 0 Å². The Morgan fingerprint density at radius 3 is 2.78 bits per heavy atom. The van der Waals surface area contributed by atoms with Crippen LogP contribution in [0.25, 0.3) is 0 Å². The minimum atomic E-state index is -0.201. The number of benzene rings is 1. The molecule has 1 N–H and O–H groups in total. The van der Waals surface area contributed by atoms with Crippen molar-refractivity contribution in [2.75, 3.05) is 18.0 Å². The average molecular weight is 250 g/mol. The van der Waals surface area contributed by atoms with Gasteiger partial charge in [0.2, 0.25) is 5.91 Å². The lowest BCUT2D eigenvalue weighted by Crippen LogP contribution is -2.50. The summed E-state index contributed by atoms with van der Waals surface area (Å²) in [6.45, 7) is 5.15. The van der Waals surface area contributed by atoms with E-state index in [1.807, 2.05) is 11.0 Å². The molecule has 1 heterocycles. The van der Waals surface area contributed by atoms with Crippen LogP contribution in [0.4, 0.5) is 10.1 Å². The number of nitrogens with zero attached hydrogens (tertiary/aromatic N) is 1. The molecule has 3 nitrogen and oxygen atoms in total. The summed E-state index contributed by atoms with van der Waals surface area (Å²) in [4.78, 5) is 13.1. The topological polar surface area (TPSA) is 32.3 Å².